The van der Waals surface area contributed by atoms with E-state index < -0.39 is 0 Å². The molecule has 0 radical (unpaired) electrons. The van der Waals surface area contributed by atoms with Crippen molar-refractivity contribution in [1.82, 2.24) is 9.97 Å². The van der Waals surface area contributed by atoms with Crippen LogP contribution in [0.25, 0.3) is 22.2 Å². The minimum atomic E-state index is 0.625. The van der Waals surface area contributed by atoms with E-state index in [1.165, 1.54) is 10.9 Å². The lowest BCUT2D eigenvalue weighted by Gasteiger charge is -2.04. The van der Waals surface area contributed by atoms with E-state index in [-0.39, 0.29) is 0 Å². The smallest absolute Gasteiger partial charge is 0.183 e. The number of nitrogens with one attached hydrogen (secondary N) is 2. The summed E-state index contributed by atoms with van der Waals surface area (Å²) in [7, 11) is 0. The Balaban J connectivity index is 1.90. The van der Waals surface area contributed by atoms with E-state index in [2.05, 4.69) is 52.7 Å². The third-order valence-corrected chi connectivity index (χ3v) is 3.83. The Hall–Kier alpha value is -1.81. The lowest BCUT2D eigenvalue weighted by molar-refractivity contribution is 0.688. The minimum absolute atomic E-state index is 0.625. The summed E-state index contributed by atoms with van der Waals surface area (Å²) in [6.07, 6.45) is 2.03. The van der Waals surface area contributed by atoms with E-state index in [4.69, 9.17) is 0 Å². The topological polar surface area (TPSA) is 40.7 Å². The normalized spacial score (nSPS) is 11.3. The molecule has 4 heteroatoms. The number of H-pyrrole nitrogens is 1. The third-order valence-electron chi connectivity index (χ3n) is 3.03. The number of anilines is 1. The van der Waals surface area contributed by atoms with E-state index in [1.54, 1.807) is 11.3 Å². The van der Waals surface area contributed by atoms with Gasteiger partial charge in [-0.2, -0.15) is 0 Å². The summed E-state index contributed by atoms with van der Waals surface area (Å²) in [5.74, 6) is 0.625. The van der Waals surface area contributed by atoms with Gasteiger partial charge in [0, 0.05) is 34.6 Å². The highest BCUT2D eigenvalue weighted by Crippen LogP contribution is 2.30. The number of benzene rings is 1. The van der Waals surface area contributed by atoms with Crippen molar-refractivity contribution in [3.63, 3.8) is 0 Å². The van der Waals surface area contributed by atoms with Crippen molar-refractivity contribution >= 4 is 27.4 Å². The molecule has 3 nitrogen and oxygen atoms in total. The molecule has 2 heterocycles. The Morgan fingerprint density at radius 3 is 3.00 bits per heavy atom. The molecule has 98 valence electrons. The van der Waals surface area contributed by atoms with Gasteiger partial charge in [-0.15, -0.1) is 11.3 Å². The molecule has 0 atom stereocenters. The van der Waals surface area contributed by atoms with E-state index in [0.29, 0.717) is 5.92 Å². The van der Waals surface area contributed by atoms with Gasteiger partial charge in [0.1, 0.15) is 0 Å². The number of thiazole rings is 1. The maximum absolute atomic E-state index is 4.66. The summed E-state index contributed by atoms with van der Waals surface area (Å²) < 4.78 is 0. The molecule has 0 saturated heterocycles. The van der Waals surface area contributed by atoms with Crippen molar-refractivity contribution in [2.45, 2.75) is 13.8 Å². The largest absolute Gasteiger partial charge is 0.361 e. The van der Waals surface area contributed by atoms with E-state index >= 15 is 0 Å². The molecule has 3 rings (SSSR count). The van der Waals surface area contributed by atoms with Gasteiger partial charge in [-0.05, 0) is 12.0 Å². The van der Waals surface area contributed by atoms with Crippen LogP contribution in [0, 0.1) is 5.92 Å². The molecule has 2 N–H and O–H groups in total. The van der Waals surface area contributed by atoms with Gasteiger partial charge in [-0.1, -0.05) is 32.0 Å². The third kappa shape index (κ3) is 2.49. The standard InChI is InChI=1S/C15H17N3S/c1-10(2)7-17-15-18-14(9-19-15)12-8-16-13-6-4-3-5-11(12)13/h3-6,8-10,16H,7H2,1-2H3,(H,17,18). The molecule has 0 bridgehead atoms. The lowest BCUT2D eigenvalue weighted by Crippen LogP contribution is -2.07. The first-order chi connectivity index (χ1) is 9.24. The Bertz CT molecular complexity index is 681. The molecule has 1 aromatic carbocycles. The first-order valence-electron chi connectivity index (χ1n) is 6.50. The SMILES string of the molecule is CC(C)CNc1nc(-c2c[nH]c3ccccc23)cs1. The zero-order chi connectivity index (χ0) is 13.2. The molecule has 0 unspecified atom stereocenters. The molecule has 19 heavy (non-hydrogen) atoms. The zero-order valence-electron chi connectivity index (χ0n) is 11.1. The summed E-state index contributed by atoms with van der Waals surface area (Å²) in [5.41, 5.74) is 3.36. The number of hydrogen-bond donors (Lipinski definition) is 2. The predicted octanol–water partition coefficient (Wildman–Crippen LogP) is 4.36. The summed E-state index contributed by atoms with van der Waals surface area (Å²) in [6.45, 7) is 5.35. The van der Waals surface area contributed by atoms with Crippen molar-refractivity contribution in [2.75, 3.05) is 11.9 Å². The maximum Gasteiger partial charge on any atom is 0.183 e. The summed E-state index contributed by atoms with van der Waals surface area (Å²) in [5, 5.41) is 7.70. The minimum Gasteiger partial charge on any atom is -0.361 e. The van der Waals surface area contributed by atoms with Crippen molar-refractivity contribution < 1.29 is 0 Å². The van der Waals surface area contributed by atoms with Gasteiger partial charge in [0.2, 0.25) is 0 Å². The van der Waals surface area contributed by atoms with Crippen molar-refractivity contribution in [1.29, 1.82) is 0 Å². The monoisotopic (exact) mass is 271 g/mol. The van der Waals surface area contributed by atoms with Crippen molar-refractivity contribution in [2.24, 2.45) is 5.92 Å². The van der Waals surface area contributed by atoms with Crippen LogP contribution in [-0.4, -0.2) is 16.5 Å². The van der Waals surface area contributed by atoms with Gasteiger partial charge in [-0.25, -0.2) is 4.98 Å². The fourth-order valence-electron chi connectivity index (χ4n) is 2.05. The molecule has 0 aliphatic carbocycles. The Morgan fingerprint density at radius 1 is 1.32 bits per heavy atom. The fraction of sp³-hybridized carbons (Fsp3) is 0.267. The Labute approximate surface area is 116 Å². The van der Waals surface area contributed by atoms with Crippen molar-refractivity contribution in [3.8, 4) is 11.3 Å². The van der Waals surface area contributed by atoms with Crippen LogP contribution in [-0.2, 0) is 0 Å². The van der Waals surface area contributed by atoms with Crippen LogP contribution in [0.2, 0.25) is 0 Å². The molecule has 0 saturated carbocycles. The molecule has 0 aliphatic heterocycles. The van der Waals surface area contributed by atoms with Crippen LogP contribution >= 0.6 is 11.3 Å². The maximum atomic E-state index is 4.66. The first kappa shape index (κ1) is 12.2. The second kappa shape index (κ2) is 5.05. The van der Waals surface area contributed by atoms with Crippen LogP contribution in [0.4, 0.5) is 5.13 Å². The second-order valence-corrected chi connectivity index (χ2v) is 5.92. The van der Waals surface area contributed by atoms with Gasteiger partial charge in [0.25, 0.3) is 0 Å². The quantitative estimate of drug-likeness (QED) is 0.740. The molecule has 0 amide bonds. The molecule has 0 aliphatic rings. The van der Waals surface area contributed by atoms with Crippen LogP contribution < -0.4 is 5.32 Å². The van der Waals surface area contributed by atoms with Crippen LogP contribution in [0.1, 0.15) is 13.8 Å². The zero-order valence-corrected chi connectivity index (χ0v) is 11.9. The van der Waals surface area contributed by atoms with E-state index in [9.17, 15) is 0 Å². The van der Waals surface area contributed by atoms with Gasteiger partial charge < -0.3 is 10.3 Å². The number of nitrogens with zero attached hydrogens (tertiary/aromatic N) is 1. The lowest BCUT2D eigenvalue weighted by atomic mass is 10.1. The Morgan fingerprint density at radius 2 is 2.16 bits per heavy atom. The molecule has 0 fully saturated rings. The summed E-state index contributed by atoms with van der Waals surface area (Å²) in [4.78, 5) is 7.95. The number of para-hydroxylation sites is 1. The summed E-state index contributed by atoms with van der Waals surface area (Å²) >= 11 is 1.66. The van der Waals surface area contributed by atoms with Gasteiger partial charge in [0.15, 0.2) is 5.13 Å². The van der Waals surface area contributed by atoms with Crippen molar-refractivity contribution in [3.05, 3.63) is 35.8 Å². The molecular weight excluding hydrogens is 254 g/mol. The number of aromatic nitrogens is 2. The highest BCUT2D eigenvalue weighted by Gasteiger charge is 2.09. The van der Waals surface area contributed by atoms with Crippen LogP contribution in [0.5, 0.6) is 0 Å². The average molecular weight is 271 g/mol. The number of fused-ring (bicyclic) bond motifs is 1. The van der Waals surface area contributed by atoms with Crippen LogP contribution in [0.15, 0.2) is 35.8 Å². The number of aromatic amines is 1. The average Bonchev–Trinajstić information content (AvgIpc) is 3.02. The Kier molecular flexibility index (Phi) is 3.25. The highest BCUT2D eigenvalue weighted by atomic mass is 32.1. The molecule has 3 aromatic rings. The molecular formula is C15H17N3S. The fourth-order valence-corrected chi connectivity index (χ4v) is 2.77. The molecule has 0 spiro atoms. The van der Waals surface area contributed by atoms with Crippen LogP contribution in [0.3, 0.4) is 0 Å². The van der Waals surface area contributed by atoms with Gasteiger partial charge in [0.05, 0.1) is 5.69 Å². The van der Waals surface area contributed by atoms with E-state index in [1.807, 2.05) is 12.3 Å². The molecule has 2 aromatic heterocycles. The van der Waals surface area contributed by atoms with E-state index in [0.717, 1.165) is 22.9 Å². The first-order valence-corrected chi connectivity index (χ1v) is 7.38. The summed E-state index contributed by atoms with van der Waals surface area (Å²) in [6, 6.07) is 8.31. The van der Waals surface area contributed by atoms with Gasteiger partial charge >= 0.3 is 0 Å². The second-order valence-electron chi connectivity index (χ2n) is 5.06. The highest BCUT2D eigenvalue weighted by molar-refractivity contribution is 7.14. The van der Waals surface area contributed by atoms with Gasteiger partial charge in [-0.3, -0.25) is 0 Å². The predicted molar refractivity (Wildman–Crippen MR) is 82.7 cm³/mol. The number of hydrogen-bond acceptors (Lipinski definition) is 3. The number of rotatable bonds is 4.